The van der Waals surface area contributed by atoms with Crippen molar-refractivity contribution in [1.82, 2.24) is 15.6 Å². The van der Waals surface area contributed by atoms with E-state index in [-0.39, 0.29) is 12.1 Å². The summed E-state index contributed by atoms with van der Waals surface area (Å²) in [5.74, 6) is 0. The van der Waals surface area contributed by atoms with Gasteiger partial charge >= 0.3 is 6.09 Å². The summed E-state index contributed by atoms with van der Waals surface area (Å²) in [6, 6.07) is 8.34. The third-order valence-corrected chi connectivity index (χ3v) is 3.51. The molecular weight excluding hydrogens is 290 g/mol. The van der Waals surface area contributed by atoms with Crippen molar-refractivity contribution in [3.05, 3.63) is 36.0 Å². The Hall–Kier alpha value is -2.01. The van der Waals surface area contributed by atoms with Gasteiger partial charge in [0.2, 0.25) is 0 Å². The molecule has 5 nitrogen and oxygen atoms in total. The zero-order valence-corrected chi connectivity index (χ0v) is 14.4. The fourth-order valence-corrected chi connectivity index (χ4v) is 2.40. The highest BCUT2D eigenvalue weighted by atomic mass is 16.6. The summed E-state index contributed by atoms with van der Waals surface area (Å²) in [6.07, 6.45) is 2.53. The molecule has 1 atom stereocenters. The Bertz CT molecular complexity index is 643. The zero-order chi connectivity index (χ0) is 16.9. The van der Waals surface area contributed by atoms with E-state index in [1.54, 1.807) is 0 Å². The van der Waals surface area contributed by atoms with Gasteiger partial charge in [0, 0.05) is 29.7 Å². The Kier molecular flexibility index (Phi) is 5.66. The van der Waals surface area contributed by atoms with Gasteiger partial charge in [-0.15, -0.1) is 0 Å². The maximum atomic E-state index is 11.7. The lowest BCUT2D eigenvalue weighted by Gasteiger charge is -2.22. The molecule has 0 saturated heterocycles. The van der Waals surface area contributed by atoms with E-state index in [1.807, 2.05) is 46.0 Å². The molecule has 0 aliphatic carbocycles. The van der Waals surface area contributed by atoms with Gasteiger partial charge in [0.05, 0.1) is 0 Å². The van der Waals surface area contributed by atoms with E-state index in [4.69, 9.17) is 4.74 Å². The highest BCUT2D eigenvalue weighted by Crippen LogP contribution is 2.17. The fraction of sp³-hybridized carbons (Fsp3) is 0.500. The average Bonchev–Trinajstić information content (AvgIpc) is 2.85. The van der Waals surface area contributed by atoms with Gasteiger partial charge in [-0.1, -0.05) is 18.2 Å². The van der Waals surface area contributed by atoms with Crippen LogP contribution in [0.4, 0.5) is 4.79 Å². The minimum Gasteiger partial charge on any atom is -0.444 e. The largest absolute Gasteiger partial charge is 0.444 e. The standard InChI is InChI=1S/C18H27N3O2/c1-13(21-17(22)23-18(2,3)4)9-10-19-11-14-12-20-16-8-6-5-7-15(14)16/h5-8,12-13,19-20H,9-11H2,1-4H3,(H,21,22). The number of fused-ring (bicyclic) bond motifs is 1. The summed E-state index contributed by atoms with van der Waals surface area (Å²) in [6.45, 7) is 9.21. The first-order valence-electron chi connectivity index (χ1n) is 8.10. The minimum absolute atomic E-state index is 0.0697. The third kappa shape index (κ3) is 5.60. The number of amides is 1. The second kappa shape index (κ2) is 7.51. The first-order chi connectivity index (χ1) is 10.8. The first kappa shape index (κ1) is 17.3. The highest BCUT2D eigenvalue weighted by Gasteiger charge is 2.17. The predicted molar refractivity (Wildman–Crippen MR) is 93.5 cm³/mol. The molecule has 0 aliphatic heterocycles. The van der Waals surface area contributed by atoms with Crippen LogP contribution >= 0.6 is 0 Å². The van der Waals surface area contributed by atoms with Gasteiger partial charge in [0.15, 0.2) is 0 Å². The topological polar surface area (TPSA) is 66.2 Å². The smallest absolute Gasteiger partial charge is 0.407 e. The lowest BCUT2D eigenvalue weighted by Crippen LogP contribution is -2.38. The van der Waals surface area contributed by atoms with Gasteiger partial charge < -0.3 is 20.4 Å². The SMILES string of the molecule is CC(CCNCc1c[nH]c2ccccc12)NC(=O)OC(C)(C)C. The Balaban J connectivity index is 1.70. The summed E-state index contributed by atoms with van der Waals surface area (Å²) in [7, 11) is 0. The van der Waals surface area contributed by atoms with Crippen LogP contribution in [-0.4, -0.2) is 29.3 Å². The second-order valence-electron chi connectivity index (χ2n) is 6.87. The molecule has 0 radical (unpaired) electrons. The maximum absolute atomic E-state index is 11.7. The molecule has 1 amide bonds. The van der Waals surface area contributed by atoms with Crippen LogP contribution in [0.15, 0.2) is 30.5 Å². The van der Waals surface area contributed by atoms with Crippen molar-refractivity contribution in [2.45, 2.75) is 52.3 Å². The lowest BCUT2D eigenvalue weighted by atomic mass is 10.1. The molecule has 0 aliphatic rings. The number of nitrogens with one attached hydrogen (secondary N) is 3. The maximum Gasteiger partial charge on any atom is 0.407 e. The van der Waals surface area contributed by atoms with E-state index in [2.05, 4.69) is 27.8 Å². The van der Waals surface area contributed by atoms with Crippen molar-refractivity contribution in [2.75, 3.05) is 6.54 Å². The van der Waals surface area contributed by atoms with E-state index in [0.717, 1.165) is 25.0 Å². The fourth-order valence-electron chi connectivity index (χ4n) is 2.40. The summed E-state index contributed by atoms with van der Waals surface area (Å²) < 4.78 is 5.25. The van der Waals surface area contributed by atoms with Gasteiger partial charge in [0.1, 0.15) is 5.60 Å². The van der Waals surface area contributed by atoms with E-state index in [9.17, 15) is 4.79 Å². The van der Waals surface area contributed by atoms with E-state index < -0.39 is 5.60 Å². The molecule has 0 bridgehead atoms. The molecule has 3 N–H and O–H groups in total. The van der Waals surface area contributed by atoms with Crippen LogP contribution in [0.3, 0.4) is 0 Å². The van der Waals surface area contributed by atoms with Crippen LogP contribution in [0, 0.1) is 0 Å². The molecule has 2 aromatic rings. The molecule has 0 saturated carbocycles. The number of aromatic amines is 1. The molecule has 0 spiro atoms. The van der Waals surface area contributed by atoms with Crippen molar-refractivity contribution >= 4 is 17.0 Å². The lowest BCUT2D eigenvalue weighted by molar-refractivity contribution is 0.0506. The monoisotopic (exact) mass is 317 g/mol. The van der Waals surface area contributed by atoms with E-state index in [1.165, 1.54) is 10.9 Å². The molecule has 1 heterocycles. The Morgan fingerprint density at radius 1 is 1.30 bits per heavy atom. The Morgan fingerprint density at radius 2 is 2.04 bits per heavy atom. The number of aromatic nitrogens is 1. The van der Waals surface area contributed by atoms with Crippen LogP contribution in [0.25, 0.3) is 10.9 Å². The van der Waals surface area contributed by atoms with Crippen molar-refractivity contribution in [3.8, 4) is 0 Å². The predicted octanol–water partition coefficient (Wildman–Crippen LogP) is 3.56. The molecule has 1 unspecified atom stereocenters. The molecular formula is C18H27N3O2. The molecule has 5 heteroatoms. The van der Waals surface area contributed by atoms with Gasteiger partial charge in [-0.25, -0.2) is 4.79 Å². The number of hydrogen-bond donors (Lipinski definition) is 3. The van der Waals surface area contributed by atoms with Crippen molar-refractivity contribution in [3.63, 3.8) is 0 Å². The third-order valence-electron chi connectivity index (χ3n) is 3.51. The van der Waals surface area contributed by atoms with Crippen LogP contribution < -0.4 is 10.6 Å². The number of ether oxygens (including phenoxy) is 1. The van der Waals surface area contributed by atoms with Crippen molar-refractivity contribution in [2.24, 2.45) is 0 Å². The molecule has 1 aromatic carbocycles. The second-order valence-corrected chi connectivity index (χ2v) is 6.87. The first-order valence-corrected chi connectivity index (χ1v) is 8.10. The summed E-state index contributed by atoms with van der Waals surface area (Å²) in [5, 5.41) is 7.52. The minimum atomic E-state index is -0.461. The average molecular weight is 317 g/mol. The zero-order valence-electron chi connectivity index (χ0n) is 14.4. The van der Waals surface area contributed by atoms with Crippen LogP contribution in [0.1, 0.15) is 39.7 Å². The summed E-state index contributed by atoms with van der Waals surface area (Å²) in [4.78, 5) is 14.9. The Morgan fingerprint density at radius 3 is 2.78 bits per heavy atom. The van der Waals surface area contributed by atoms with Crippen molar-refractivity contribution < 1.29 is 9.53 Å². The summed E-state index contributed by atoms with van der Waals surface area (Å²) >= 11 is 0. The van der Waals surface area contributed by atoms with Crippen LogP contribution in [-0.2, 0) is 11.3 Å². The van der Waals surface area contributed by atoms with E-state index >= 15 is 0 Å². The molecule has 0 fully saturated rings. The Labute approximate surface area is 137 Å². The van der Waals surface area contributed by atoms with Crippen molar-refractivity contribution in [1.29, 1.82) is 0 Å². The summed E-state index contributed by atoms with van der Waals surface area (Å²) in [5.41, 5.74) is 1.95. The van der Waals surface area contributed by atoms with Gasteiger partial charge in [-0.3, -0.25) is 0 Å². The number of benzene rings is 1. The molecule has 23 heavy (non-hydrogen) atoms. The van der Waals surface area contributed by atoms with Gasteiger partial charge in [-0.2, -0.15) is 0 Å². The van der Waals surface area contributed by atoms with Crippen LogP contribution in [0.2, 0.25) is 0 Å². The highest BCUT2D eigenvalue weighted by molar-refractivity contribution is 5.82. The number of para-hydroxylation sites is 1. The van der Waals surface area contributed by atoms with E-state index in [0.29, 0.717) is 0 Å². The molecule has 126 valence electrons. The number of rotatable bonds is 6. The van der Waals surface area contributed by atoms with Gasteiger partial charge in [-0.05, 0) is 52.3 Å². The number of carbonyl (C=O) groups excluding carboxylic acids is 1. The molecule has 2 rings (SSSR count). The number of hydrogen-bond acceptors (Lipinski definition) is 3. The van der Waals surface area contributed by atoms with Gasteiger partial charge in [0.25, 0.3) is 0 Å². The number of carbonyl (C=O) groups is 1. The number of alkyl carbamates (subject to hydrolysis) is 1. The normalized spacial score (nSPS) is 13.0. The quantitative estimate of drug-likeness (QED) is 0.714. The van der Waals surface area contributed by atoms with Crippen LogP contribution in [0.5, 0.6) is 0 Å². The molecule has 1 aromatic heterocycles. The number of H-pyrrole nitrogens is 1.